The third-order valence-corrected chi connectivity index (χ3v) is 6.93. The van der Waals surface area contributed by atoms with Crippen LogP contribution in [0.3, 0.4) is 0 Å². The zero-order valence-electron chi connectivity index (χ0n) is 24.0. The third kappa shape index (κ3) is 22.9. The van der Waals surface area contributed by atoms with Crippen LogP contribution in [0, 0.1) is 39.9 Å². The summed E-state index contributed by atoms with van der Waals surface area (Å²) in [5.74, 6) is -3.92. The zero-order chi connectivity index (χ0) is 29.6. The molecule has 1 saturated heterocycles. The van der Waals surface area contributed by atoms with Crippen molar-refractivity contribution in [3.63, 3.8) is 0 Å². The number of carboxylic acids is 3. The third-order valence-electron chi connectivity index (χ3n) is 6.93. The Balaban J connectivity index is 0.0000160. The molecule has 235 valence electrons. The van der Waals surface area contributed by atoms with Crippen molar-refractivity contribution in [2.45, 2.75) is 57.8 Å². The molecule has 1 fully saturated rings. The Morgan fingerprint density at radius 1 is 0.537 bits per heavy atom. The van der Waals surface area contributed by atoms with Crippen LogP contribution in [0.15, 0.2) is 0 Å². The summed E-state index contributed by atoms with van der Waals surface area (Å²) in [6.07, 6.45) is 10.1. The molecule has 14 heteroatoms. The first-order valence-electron chi connectivity index (χ1n) is 14.4. The maximum atomic E-state index is 12.6. The van der Waals surface area contributed by atoms with Crippen molar-refractivity contribution in [1.82, 2.24) is 24.9 Å². The molecule has 0 aromatic rings. The maximum absolute atomic E-state index is 12.6. The Hall–Kier alpha value is -1.29. The molecule has 0 bridgehead atoms. The van der Waals surface area contributed by atoms with E-state index >= 15 is 0 Å². The molecular formula is C27H46GdN5O8. The van der Waals surface area contributed by atoms with E-state index in [9.17, 15) is 39.3 Å². The van der Waals surface area contributed by atoms with Gasteiger partial charge in [-0.3, -0.25) is 24.4 Å². The Morgan fingerprint density at radius 3 is 1.20 bits per heavy atom. The zero-order valence-corrected chi connectivity index (χ0v) is 26.3. The van der Waals surface area contributed by atoms with Crippen LogP contribution < -0.4 is 20.6 Å². The van der Waals surface area contributed by atoms with E-state index < -0.39 is 17.9 Å². The summed E-state index contributed by atoms with van der Waals surface area (Å²) in [5.41, 5.74) is 0. The van der Waals surface area contributed by atoms with Gasteiger partial charge >= 0.3 is 39.9 Å². The van der Waals surface area contributed by atoms with Gasteiger partial charge in [0.05, 0.1) is 24.5 Å². The van der Waals surface area contributed by atoms with E-state index in [0.717, 1.165) is 57.7 Å². The summed E-state index contributed by atoms with van der Waals surface area (Å²) in [5, 5.41) is 36.6. The molecule has 0 aliphatic carbocycles. The molecule has 1 radical (unpaired) electrons. The molecule has 0 spiro atoms. The van der Waals surface area contributed by atoms with Crippen molar-refractivity contribution >= 4 is 30.1 Å². The minimum atomic E-state index is -1.27. The van der Waals surface area contributed by atoms with E-state index in [1.54, 1.807) is 14.7 Å². The van der Waals surface area contributed by atoms with Crippen LogP contribution in [0.2, 0.25) is 0 Å². The SMILES string of the molecule is O=CCCCCCCCCCCNC(=O)CN1CCN(CC(=O)[O-])CCN(CC(=O)[O-])CCN(CC(=O)[O-])CC1.[Gd+3]. The molecule has 0 atom stereocenters. The van der Waals surface area contributed by atoms with Crippen molar-refractivity contribution in [1.29, 1.82) is 0 Å². The average Bonchev–Trinajstić information content (AvgIpc) is 2.88. The number of nitrogens with zero attached hydrogens (tertiary/aromatic N) is 4. The predicted octanol–water partition coefficient (Wildman–Crippen LogP) is -3.72. The topological polar surface area (TPSA) is 180 Å². The van der Waals surface area contributed by atoms with Crippen molar-refractivity contribution in [2.24, 2.45) is 0 Å². The molecule has 13 nitrogen and oxygen atoms in total. The number of carbonyl (C=O) groups excluding carboxylic acids is 5. The molecule has 0 unspecified atom stereocenters. The van der Waals surface area contributed by atoms with Gasteiger partial charge in [-0.05, 0) is 12.8 Å². The van der Waals surface area contributed by atoms with Gasteiger partial charge in [-0.2, -0.15) is 0 Å². The van der Waals surface area contributed by atoms with E-state index in [1.807, 2.05) is 4.90 Å². The molecular weight excluding hydrogens is 680 g/mol. The minimum absolute atomic E-state index is 0. The summed E-state index contributed by atoms with van der Waals surface area (Å²) in [7, 11) is 0. The largest absolute Gasteiger partial charge is 3.00 e. The minimum Gasteiger partial charge on any atom is -0.549 e. The number of hydrogen-bond acceptors (Lipinski definition) is 12. The van der Waals surface area contributed by atoms with Crippen LogP contribution in [-0.2, 0) is 24.0 Å². The molecule has 0 aromatic heterocycles. The summed E-state index contributed by atoms with van der Waals surface area (Å²) in [4.78, 5) is 63.4. The van der Waals surface area contributed by atoms with E-state index in [4.69, 9.17) is 0 Å². The van der Waals surface area contributed by atoms with Gasteiger partial charge in [-0.25, -0.2) is 0 Å². The van der Waals surface area contributed by atoms with Crippen LogP contribution in [-0.4, -0.2) is 135 Å². The first-order chi connectivity index (χ1) is 19.2. The first-order valence-corrected chi connectivity index (χ1v) is 14.4. The smallest absolute Gasteiger partial charge is 0.549 e. The number of aliphatic carboxylic acids is 3. The van der Waals surface area contributed by atoms with E-state index in [2.05, 4.69) is 5.32 Å². The van der Waals surface area contributed by atoms with Crippen LogP contribution >= 0.6 is 0 Å². The van der Waals surface area contributed by atoms with Crippen molar-refractivity contribution in [3.8, 4) is 0 Å². The summed E-state index contributed by atoms with van der Waals surface area (Å²) < 4.78 is 0. The monoisotopic (exact) mass is 726 g/mol. The number of rotatable bonds is 19. The van der Waals surface area contributed by atoms with Gasteiger partial charge in [0.2, 0.25) is 5.91 Å². The number of aldehydes is 1. The molecule has 0 saturated carbocycles. The molecule has 41 heavy (non-hydrogen) atoms. The number of hydrogen-bond donors (Lipinski definition) is 1. The van der Waals surface area contributed by atoms with Gasteiger partial charge in [-0.1, -0.05) is 38.5 Å². The van der Waals surface area contributed by atoms with Gasteiger partial charge in [0.1, 0.15) is 6.29 Å². The van der Waals surface area contributed by atoms with Gasteiger partial charge < -0.3 is 39.8 Å². The quantitative estimate of drug-likeness (QED) is 0.102. The number of nitrogens with one attached hydrogen (secondary N) is 1. The fourth-order valence-electron chi connectivity index (χ4n) is 4.66. The summed E-state index contributed by atoms with van der Waals surface area (Å²) in [6.45, 7) is 2.05. The van der Waals surface area contributed by atoms with Gasteiger partial charge in [0.15, 0.2) is 0 Å². The van der Waals surface area contributed by atoms with Crippen LogP contribution in [0.1, 0.15) is 57.8 Å². The molecule has 1 aliphatic rings. The number of unbranched alkanes of at least 4 members (excludes halogenated alkanes) is 8. The molecule has 1 aliphatic heterocycles. The summed E-state index contributed by atoms with van der Waals surface area (Å²) in [6, 6.07) is 0. The molecule has 1 rings (SSSR count). The van der Waals surface area contributed by atoms with Crippen molar-refractivity contribution < 1.29 is 79.2 Å². The molecule has 1 N–H and O–H groups in total. The Labute approximate surface area is 275 Å². The second-order valence-corrected chi connectivity index (χ2v) is 10.4. The van der Waals surface area contributed by atoms with Crippen LogP contribution in [0.4, 0.5) is 0 Å². The van der Waals surface area contributed by atoms with Crippen molar-refractivity contribution in [3.05, 3.63) is 0 Å². The molecule has 1 heterocycles. The van der Waals surface area contributed by atoms with Gasteiger partial charge in [0, 0.05) is 85.0 Å². The average molecular weight is 726 g/mol. The second kappa shape index (κ2) is 25.2. The number of carbonyl (C=O) groups is 5. The Morgan fingerprint density at radius 2 is 0.854 bits per heavy atom. The summed E-state index contributed by atoms with van der Waals surface area (Å²) >= 11 is 0. The Kier molecular flexibility index (Phi) is 24.4. The Bertz CT molecular complexity index is 744. The predicted molar refractivity (Wildman–Crippen MR) is 141 cm³/mol. The fraction of sp³-hybridized carbons (Fsp3) is 0.815. The van der Waals surface area contributed by atoms with Crippen LogP contribution in [0.25, 0.3) is 0 Å². The normalized spacial score (nSPS) is 16.6. The fourth-order valence-corrected chi connectivity index (χ4v) is 4.66. The van der Waals surface area contributed by atoms with Gasteiger partial charge in [-0.15, -0.1) is 0 Å². The number of carboxylic acid groups (broad SMARTS) is 3. The van der Waals surface area contributed by atoms with E-state index in [-0.39, 0.29) is 98.2 Å². The van der Waals surface area contributed by atoms with Gasteiger partial charge in [0.25, 0.3) is 0 Å². The molecule has 0 aromatic carbocycles. The van der Waals surface area contributed by atoms with Crippen LogP contribution in [0.5, 0.6) is 0 Å². The van der Waals surface area contributed by atoms with E-state index in [0.29, 0.717) is 39.1 Å². The first kappa shape index (κ1) is 39.7. The van der Waals surface area contributed by atoms with Crippen molar-refractivity contribution in [2.75, 3.05) is 85.1 Å². The number of amides is 1. The maximum Gasteiger partial charge on any atom is 3.00 e. The standard InChI is InChI=1S/C27H49N5O8.Gd/c33-19-9-7-5-3-1-2-4-6-8-10-28-24(34)20-29-11-13-30(21-25(35)36)15-17-32(23-27(39)40)18-16-31(14-12-29)22-26(37)38;/h19H,1-18,20-23H2,(H,28,34)(H,35,36)(H,37,38)(H,39,40);/q;+3/p-3. The van der Waals surface area contributed by atoms with E-state index in [1.165, 1.54) is 0 Å². The molecule has 1 amide bonds. The second-order valence-electron chi connectivity index (χ2n) is 10.4.